The number of hydrogen-bond donors (Lipinski definition) is 1. The molecule has 0 bridgehead atoms. The molecule has 2 aliphatic rings. The molecule has 0 saturated carbocycles. The predicted octanol–water partition coefficient (Wildman–Crippen LogP) is 0.848. The zero-order valence-corrected chi connectivity index (χ0v) is 9.33. The van der Waals surface area contributed by atoms with Crippen LogP contribution in [0.2, 0.25) is 0 Å². The summed E-state index contributed by atoms with van der Waals surface area (Å²) in [6.45, 7) is 8.84. The van der Waals surface area contributed by atoms with E-state index in [-0.39, 0.29) is 0 Å². The fourth-order valence-corrected chi connectivity index (χ4v) is 2.42. The Kier molecular flexibility index (Phi) is 3.42. The highest BCUT2D eigenvalue weighted by molar-refractivity contribution is 4.83. The second kappa shape index (κ2) is 4.60. The van der Waals surface area contributed by atoms with Crippen molar-refractivity contribution in [1.29, 1.82) is 0 Å². The third-order valence-electron chi connectivity index (χ3n) is 3.35. The molecule has 2 fully saturated rings. The third kappa shape index (κ3) is 2.47. The SMILES string of the molecule is CC1CN(CC2CCCN2)C(C)CO1. The second-order valence-electron chi connectivity index (χ2n) is 4.74. The van der Waals surface area contributed by atoms with Crippen LogP contribution >= 0.6 is 0 Å². The summed E-state index contributed by atoms with van der Waals surface area (Å²) in [4.78, 5) is 2.57. The first-order chi connectivity index (χ1) is 6.75. The molecule has 2 saturated heterocycles. The van der Waals surface area contributed by atoms with Gasteiger partial charge in [-0.2, -0.15) is 0 Å². The van der Waals surface area contributed by atoms with Gasteiger partial charge in [-0.3, -0.25) is 4.90 Å². The van der Waals surface area contributed by atoms with Crippen LogP contribution in [0.1, 0.15) is 26.7 Å². The summed E-state index contributed by atoms with van der Waals surface area (Å²) in [6, 6.07) is 1.32. The minimum Gasteiger partial charge on any atom is -0.376 e. The minimum absolute atomic E-state index is 0.410. The van der Waals surface area contributed by atoms with Gasteiger partial charge in [0, 0.05) is 25.2 Å². The molecule has 0 spiro atoms. The Balaban J connectivity index is 1.82. The Morgan fingerprint density at radius 1 is 1.43 bits per heavy atom. The van der Waals surface area contributed by atoms with Gasteiger partial charge in [0.25, 0.3) is 0 Å². The Morgan fingerprint density at radius 2 is 2.29 bits per heavy atom. The van der Waals surface area contributed by atoms with Gasteiger partial charge in [-0.1, -0.05) is 0 Å². The zero-order valence-electron chi connectivity index (χ0n) is 9.33. The monoisotopic (exact) mass is 198 g/mol. The van der Waals surface area contributed by atoms with Gasteiger partial charge in [-0.15, -0.1) is 0 Å². The fraction of sp³-hybridized carbons (Fsp3) is 1.00. The van der Waals surface area contributed by atoms with Crippen molar-refractivity contribution in [2.75, 3.05) is 26.2 Å². The predicted molar refractivity (Wildman–Crippen MR) is 57.5 cm³/mol. The lowest BCUT2D eigenvalue weighted by atomic mass is 10.1. The molecule has 0 aromatic rings. The molecule has 3 nitrogen and oxygen atoms in total. The largest absolute Gasteiger partial charge is 0.376 e. The summed E-state index contributed by atoms with van der Waals surface area (Å²) < 4.78 is 5.62. The van der Waals surface area contributed by atoms with E-state index in [0.29, 0.717) is 12.1 Å². The lowest BCUT2D eigenvalue weighted by Crippen LogP contribution is -2.51. The van der Waals surface area contributed by atoms with Crippen molar-refractivity contribution >= 4 is 0 Å². The van der Waals surface area contributed by atoms with E-state index < -0.39 is 0 Å². The first-order valence-corrected chi connectivity index (χ1v) is 5.84. The van der Waals surface area contributed by atoms with E-state index >= 15 is 0 Å². The van der Waals surface area contributed by atoms with Gasteiger partial charge in [0.1, 0.15) is 0 Å². The van der Waals surface area contributed by atoms with Crippen LogP contribution in [0.5, 0.6) is 0 Å². The number of rotatable bonds is 2. The summed E-state index contributed by atoms with van der Waals surface area (Å²) in [6.07, 6.45) is 3.10. The van der Waals surface area contributed by atoms with E-state index in [2.05, 4.69) is 24.1 Å². The summed E-state index contributed by atoms with van der Waals surface area (Å²) in [5.74, 6) is 0. The molecule has 2 rings (SSSR count). The summed E-state index contributed by atoms with van der Waals surface area (Å²) >= 11 is 0. The highest BCUT2D eigenvalue weighted by Crippen LogP contribution is 2.14. The van der Waals surface area contributed by atoms with Crippen molar-refractivity contribution in [3.05, 3.63) is 0 Å². The van der Waals surface area contributed by atoms with Gasteiger partial charge in [0.2, 0.25) is 0 Å². The summed E-state index contributed by atoms with van der Waals surface area (Å²) in [5, 5.41) is 3.56. The van der Waals surface area contributed by atoms with Crippen LogP contribution in [0, 0.1) is 0 Å². The van der Waals surface area contributed by atoms with E-state index in [4.69, 9.17) is 4.74 Å². The Morgan fingerprint density at radius 3 is 3.00 bits per heavy atom. The maximum atomic E-state index is 5.62. The molecular formula is C11H22N2O. The Labute approximate surface area is 86.8 Å². The minimum atomic E-state index is 0.410. The molecule has 14 heavy (non-hydrogen) atoms. The molecule has 0 amide bonds. The number of morpholine rings is 1. The van der Waals surface area contributed by atoms with Crippen LogP contribution < -0.4 is 5.32 Å². The van der Waals surface area contributed by atoms with Crippen molar-refractivity contribution < 1.29 is 4.74 Å². The molecule has 2 heterocycles. The normalized spacial score (nSPS) is 40.3. The maximum absolute atomic E-state index is 5.62. The fourth-order valence-electron chi connectivity index (χ4n) is 2.42. The van der Waals surface area contributed by atoms with Crippen LogP contribution in [0.4, 0.5) is 0 Å². The molecule has 3 unspecified atom stereocenters. The first-order valence-electron chi connectivity index (χ1n) is 5.84. The highest BCUT2D eigenvalue weighted by Gasteiger charge is 2.26. The Hall–Kier alpha value is -0.120. The van der Waals surface area contributed by atoms with Crippen LogP contribution in [-0.4, -0.2) is 49.3 Å². The summed E-state index contributed by atoms with van der Waals surface area (Å²) in [7, 11) is 0. The summed E-state index contributed by atoms with van der Waals surface area (Å²) in [5.41, 5.74) is 0. The van der Waals surface area contributed by atoms with Crippen LogP contribution in [0.25, 0.3) is 0 Å². The molecule has 0 radical (unpaired) electrons. The molecule has 82 valence electrons. The quantitative estimate of drug-likeness (QED) is 0.712. The molecule has 3 heteroatoms. The standard InChI is InChI=1S/C11H22N2O/c1-9-8-14-10(2)6-13(9)7-11-4-3-5-12-11/h9-12H,3-8H2,1-2H3. The average molecular weight is 198 g/mol. The lowest BCUT2D eigenvalue weighted by molar-refractivity contribution is -0.0514. The molecule has 0 aromatic heterocycles. The first kappa shape index (κ1) is 10.4. The van der Waals surface area contributed by atoms with Gasteiger partial charge in [-0.05, 0) is 33.2 Å². The molecule has 2 aliphatic heterocycles. The molecular weight excluding hydrogens is 176 g/mol. The van der Waals surface area contributed by atoms with E-state index in [0.717, 1.165) is 19.2 Å². The van der Waals surface area contributed by atoms with Gasteiger partial charge in [0.15, 0.2) is 0 Å². The second-order valence-corrected chi connectivity index (χ2v) is 4.74. The Bertz CT molecular complexity index is 180. The van der Waals surface area contributed by atoms with Crippen molar-refractivity contribution in [3.63, 3.8) is 0 Å². The van der Waals surface area contributed by atoms with E-state index in [1.54, 1.807) is 0 Å². The van der Waals surface area contributed by atoms with Gasteiger partial charge >= 0.3 is 0 Å². The van der Waals surface area contributed by atoms with Gasteiger partial charge < -0.3 is 10.1 Å². The topological polar surface area (TPSA) is 24.5 Å². The van der Waals surface area contributed by atoms with Crippen LogP contribution in [0.15, 0.2) is 0 Å². The number of ether oxygens (including phenoxy) is 1. The van der Waals surface area contributed by atoms with Crippen molar-refractivity contribution in [1.82, 2.24) is 10.2 Å². The van der Waals surface area contributed by atoms with Crippen LogP contribution in [-0.2, 0) is 4.74 Å². The highest BCUT2D eigenvalue weighted by atomic mass is 16.5. The van der Waals surface area contributed by atoms with Gasteiger partial charge in [-0.25, -0.2) is 0 Å². The average Bonchev–Trinajstić information content (AvgIpc) is 2.64. The van der Waals surface area contributed by atoms with Crippen molar-refractivity contribution in [2.24, 2.45) is 0 Å². The molecule has 0 aromatic carbocycles. The molecule has 0 aliphatic carbocycles. The maximum Gasteiger partial charge on any atom is 0.0674 e. The lowest BCUT2D eigenvalue weighted by Gasteiger charge is -2.38. The third-order valence-corrected chi connectivity index (χ3v) is 3.35. The molecule has 1 N–H and O–H groups in total. The smallest absolute Gasteiger partial charge is 0.0674 e. The van der Waals surface area contributed by atoms with E-state index in [1.807, 2.05) is 0 Å². The molecule has 3 atom stereocenters. The number of hydrogen-bond acceptors (Lipinski definition) is 3. The van der Waals surface area contributed by atoms with Gasteiger partial charge in [0.05, 0.1) is 12.7 Å². The van der Waals surface area contributed by atoms with Crippen LogP contribution in [0.3, 0.4) is 0 Å². The zero-order chi connectivity index (χ0) is 9.97. The van der Waals surface area contributed by atoms with Crippen molar-refractivity contribution in [2.45, 2.75) is 44.9 Å². The van der Waals surface area contributed by atoms with E-state index in [1.165, 1.54) is 25.9 Å². The van der Waals surface area contributed by atoms with Crippen molar-refractivity contribution in [3.8, 4) is 0 Å². The number of nitrogens with zero attached hydrogens (tertiary/aromatic N) is 1. The van der Waals surface area contributed by atoms with E-state index in [9.17, 15) is 0 Å². The number of nitrogens with one attached hydrogen (secondary N) is 1.